The second-order valence-electron chi connectivity index (χ2n) is 5.34. The molecule has 0 aromatic heterocycles. The van der Waals surface area contributed by atoms with E-state index < -0.39 is 5.60 Å². The highest BCUT2D eigenvalue weighted by atomic mass is 16.3. The lowest BCUT2D eigenvalue weighted by molar-refractivity contribution is 0.0631. The van der Waals surface area contributed by atoms with Gasteiger partial charge in [-0.25, -0.2) is 4.79 Å². The average molecular weight is 227 g/mol. The van der Waals surface area contributed by atoms with Crippen LogP contribution in [0.1, 0.15) is 20.3 Å². The van der Waals surface area contributed by atoms with Crippen LogP contribution in [-0.4, -0.2) is 65.3 Å². The van der Waals surface area contributed by atoms with Gasteiger partial charge in [0.25, 0.3) is 0 Å². The minimum atomic E-state index is -0.693. The lowest BCUT2D eigenvalue weighted by atomic mass is 10.1. The minimum Gasteiger partial charge on any atom is -0.390 e. The van der Waals surface area contributed by atoms with Crippen molar-refractivity contribution in [3.63, 3.8) is 0 Å². The highest BCUT2D eigenvalue weighted by Crippen LogP contribution is 2.19. The molecule has 0 bridgehead atoms. The van der Waals surface area contributed by atoms with Crippen LogP contribution in [0.2, 0.25) is 0 Å². The van der Waals surface area contributed by atoms with Crippen LogP contribution in [0.15, 0.2) is 0 Å². The Labute approximate surface area is 96.4 Å². The highest BCUT2D eigenvalue weighted by molar-refractivity contribution is 5.77. The number of amides is 2. The summed E-state index contributed by atoms with van der Waals surface area (Å²) in [5.41, 5.74) is -0.693. The number of hydrogen-bond acceptors (Lipinski definition) is 3. The van der Waals surface area contributed by atoms with Crippen molar-refractivity contribution in [2.75, 3.05) is 32.7 Å². The molecule has 2 fully saturated rings. The zero-order valence-corrected chi connectivity index (χ0v) is 10.1. The molecule has 16 heavy (non-hydrogen) atoms. The van der Waals surface area contributed by atoms with Crippen molar-refractivity contribution in [3.8, 4) is 0 Å². The molecule has 5 nitrogen and oxygen atoms in total. The molecular weight excluding hydrogens is 206 g/mol. The SMILES string of the molecule is CC(C)(O)CCN1CC2CNCCN2C1=O. The van der Waals surface area contributed by atoms with Crippen molar-refractivity contribution in [2.45, 2.75) is 31.9 Å². The van der Waals surface area contributed by atoms with Crippen LogP contribution in [-0.2, 0) is 0 Å². The summed E-state index contributed by atoms with van der Waals surface area (Å²) in [7, 11) is 0. The summed E-state index contributed by atoms with van der Waals surface area (Å²) in [6, 6.07) is 0.457. The summed E-state index contributed by atoms with van der Waals surface area (Å²) in [6.45, 7) is 7.59. The van der Waals surface area contributed by atoms with E-state index in [4.69, 9.17) is 0 Å². The Balaban J connectivity index is 1.90. The fraction of sp³-hybridized carbons (Fsp3) is 0.909. The number of carbonyl (C=O) groups is 1. The fourth-order valence-electron chi connectivity index (χ4n) is 2.29. The molecule has 0 aromatic carbocycles. The van der Waals surface area contributed by atoms with Crippen LogP contribution in [0.4, 0.5) is 4.79 Å². The zero-order chi connectivity index (χ0) is 11.8. The predicted octanol–water partition coefficient (Wildman–Crippen LogP) is -0.143. The molecule has 0 radical (unpaired) electrons. The first-order valence-corrected chi connectivity index (χ1v) is 5.96. The molecule has 2 N–H and O–H groups in total. The lowest BCUT2D eigenvalue weighted by Gasteiger charge is -2.28. The van der Waals surface area contributed by atoms with Gasteiger partial charge < -0.3 is 20.2 Å². The van der Waals surface area contributed by atoms with Crippen molar-refractivity contribution >= 4 is 6.03 Å². The fourth-order valence-corrected chi connectivity index (χ4v) is 2.29. The summed E-state index contributed by atoms with van der Waals surface area (Å²) >= 11 is 0. The van der Waals surface area contributed by atoms with Crippen molar-refractivity contribution < 1.29 is 9.90 Å². The molecule has 1 atom stereocenters. The molecule has 2 aliphatic rings. The third-order valence-electron chi connectivity index (χ3n) is 3.29. The van der Waals surface area contributed by atoms with E-state index in [2.05, 4.69) is 5.32 Å². The third kappa shape index (κ3) is 2.47. The van der Waals surface area contributed by atoms with Gasteiger partial charge in [-0.2, -0.15) is 0 Å². The number of nitrogens with one attached hydrogen (secondary N) is 1. The normalized spacial score (nSPS) is 26.2. The second-order valence-corrected chi connectivity index (χ2v) is 5.34. The smallest absolute Gasteiger partial charge is 0.320 e. The average Bonchev–Trinajstić information content (AvgIpc) is 2.53. The standard InChI is InChI=1S/C11H21N3O2/c1-11(2,16)3-5-13-8-9-7-12-4-6-14(9)10(13)15/h9,12,16H,3-8H2,1-2H3. The van der Waals surface area contributed by atoms with Gasteiger partial charge in [0.1, 0.15) is 0 Å². The summed E-state index contributed by atoms with van der Waals surface area (Å²) < 4.78 is 0. The predicted molar refractivity (Wildman–Crippen MR) is 61.2 cm³/mol. The van der Waals surface area contributed by atoms with Gasteiger partial charge in [0.05, 0.1) is 11.6 Å². The van der Waals surface area contributed by atoms with E-state index >= 15 is 0 Å². The van der Waals surface area contributed by atoms with Crippen molar-refractivity contribution in [2.24, 2.45) is 0 Å². The molecule has 2 aliphatic heterocycles. The maximum atomic E-state index is 12.0. The Hall–Kier alpha value is -0.810. The first-order chi connectivity index (χ1) is 7.47. The molecule has 0 aromatic rings. The largest absolute Gasteiger partial charge is 0.390 e. The van der Waals surface area contributed by atoms with E-state index in [1.54, 1.807) is 13.8 Å². The monoisotopic (exact) mass is 227 g/mol. The number of carbonyl (C=O) groups excluding carboxylic acids is 1. The maximum absolute atomic E-state index is 12.0. The van der Waals surface area contributed by atoms with Gasteiger partial charge in [0.2, 0.25) is 0 Å². The Kier molecular flexibility index (Phi) is 3.08. The number of nitrogens with zero attached hydrogens (tertiary/aromatic N) is 2. The summed E-state index contributed by atoms with van der Waals surface area (Å²) in [6.07, 6.45) is 0.632. The van der Waals surface area contributed by atoms with Crippen LogP contribution >= 0.6 is 0 Å². The van der Waals surface area contributed by atoms with Crippen molar-refractivity contribution in [1.82, 2.24) is 15.1 Å². The van der Waals surface area contributed by atoms with Crippen molar-refractivity contribution in [1.29, 1.82) is 0 Å². The molecule has 2 saturated heterocycles. The number of aliphatic hydroxyl groups is 1. The van der Waals surface area contributed by atoms with E-state index in [-0.39, 0.29) is 6.03 Å². The second kappa shape index (κ2) is 4.22. The molecule has 1 unspecified atom stereocenters. The van der Waals surface area contributed by atoms with Gasteiger partial charge in [-0.1, -0.05) is 0 Å². The van der Waals surface area contributed by atoms with Crippen molar-refractivity contribution in [3.05, 3.63) is 0 Å². The Morgan fingerprint density at radius 2 is 2.31 bits per heavy atom. The van der Waals surface area contributed by atoms with Gasteiger partial charge in [0, 0.05) is 32.7 Å². The van der Waals surface area contributed by atoms with Gasteiger partial charge in [-0.05, 0) is 20.3 Å². The van der Waals surface area contributed by atoms with E-state index in [1.165, 1.54) is 0 Å². The van der Waals surface area contributed by atoms with E-state index in [1.807, 2.05) is 9.80 Å². The molecular formula is C11H21N3O2. The summed E-state index contributed by atoms with van der Waals surface area (Å²) in [5.74, 6) is 0. The number of piperazine rings is 1. The molecule has 0 spiro atoms. The topological polar surface area (TPSA) is 55.8 Å². The third-order valence-corrected chi connectivity index (χ3v) is 3.29. The van der Waals surface area contributed by atoms with Crippen LogP contribution in [0, 0.1) is 0 Å². The van der Waals surface area contributed by atoms with Gasteiger partial charge in [-0.3, -0.25) is 0 Å². The first-order valence-electron chi connectivity index (χ1n) is 5.96. The quantitative estimate of drug-likeness (QED) is 0.705. The molecule has 5 heteroatoms. The molecule has 2 amide bonds. The number of rotatable bonds is 3. The van der Waals surface area contributed by atoms with Crippen LogP contribution in [0.3, 0.4) is 0 Å². The lowest BCUT2D eigenvalue weighted by Crippen LogP contribution is -2.49. The van der Waals surface area contributed by atoms with Gasteiger partial charge in [0.15, 0.2) is 0 Å². The zero-order valence-electron chi connectivity index (χ0n) is 10.1. The van der Waals surface area contributed by atoms with Gasteiger partial charge in [-0.15, -0.1) is 0 Å². The van der Waals surface area contributed by atoms with Crippen LogP contribution in [0.5, 0.6) is 0 Å². The number of urea groups is 1. The number of hydrogen-bond donors (Lipinski definition) is 2. The highest BCUT2D eigenvalue weighted by Gasteiger charge is 2.38. The molecule has 92 valence electrons. The minimum absolute atomic E-state index is 0.135. The molecule has 0 aliphatic carbocycles. The Morgan fingerprint density at radius 1 is 1.56 bits per heavy atom. The Bertz CT molecular complexity index is 275. The van der Waals surface area contributed by atoms with Crippen LogP contribution < -0.4 is 5.32 Å². The molecule has 2 rings (SSSR count). The number of fused-ring (bicyclic) bond motifs is 1. The summed E-state index contributed by atoms with van der Waals surface area (Å²) in [5, 5.41) is 13.0. The van der Waals surface area contributed by atoms with E-state index in [9.17, 15) is 9.90 Å². The first kappa shape index (κ1) is 11.7. The van der Waals surface area contributed by atoms with Gasteiger partial charge >= 0.3 is 6.03 Å². The van der Waals surface area contributed by atoms with E-state index in [0.717, 1.165) is 26.2 Å². The molecule has 0 saturated carbocycles. The molecule has 2 heterocycles. The summed E-state index contributed by atoms with van der Waals surface area (Å²) in [4.78, 5) is 15.8. The van der Waals surface area contributed by atoms with Crippen LogP contribution in [0.25, 0.3) is 0 Å². The maximum Gasteiger partial charge on any atom is 0.320 e. The van der Waals surface area contributed by atoms with E-state index in [0.29, 0.717) is 19.0 Å². The Morgan fingerprint density at radius 3 is 2.94 bits per heavy atom.